The SMILES string of the molecule is CN1CCN(C(=O)Cc2c[nH]c3ncc(-c4ccnn4C)cc23)CC1. The normalized spacial score (nSPS) is 15.8. The molecule has 0 aromatic carbocycles. The fourth-order valence-corrected chi connectivity index (χ4v) is 3.33. The van der Waals surface area contributed by atoms with Gasteiger partial charge in [0.05, 0.1) is 12.1 Å². The molecule has 130 valence electrons. The summed E-state index contributed by atoms with van der Waals surface area (Å²) in [4.78, 5) is 24.5. The molecule has 1 N–H and O–H groups in total. The number of hydrogen-bond acceptors (Lipinski definition) is 4. The van der Waals surface area contributed by atoms with Crippen LogP contribution in [0.4, 0.5) is 0 Å². The van der Waals surface area contributed by atoms with Crippen LogP contribution in [-0.2, 0) is 18.3 Å². The first-order valence-corrected chi connectivity index (χ1v) is 8.52. The molecule has 0 aliphatic carbocycles. The average Bonchev–Trinajstić information content (AvgIpc) is 3.21. The summed E-state index contributed by atoms with van der Waals surface area (Å²) in [6.45, 7) is 3.48. The number of aromatic nitrogens is 4. The predicted octanol–water partition coefficient (Wildman–Crippen LogP) is 1.28. The maximum absolute atomic E-state index is 12.6. The number of hydrogen-bond donors (Lipinski definition) is 1. The Morgan fingerprint density at radius 3 is 2.76 bits per heavy atom. The second-order valence-electron chi connectivity index (χ2n) is 6.63. The van der Waals surface area contributed by atoms with Crippen molar-refractivity contribution in [2.75, 3.05) is 33.2 Å². The molecule has 25 heavy (non-hydrogen) atoms. The summed E-state index contributed by atoms with van der Waals surface area (Å²) in [6, 6.07) is 4.05. The minimum atomic E-state index is 0.180. The van der Waals surface area contributed by atoms with Crippen molar-refractivity contribution >= 4 is 16.9 Å². The summed E-state index contributed by atoms with van der Waals surface area (Å²) in [7, 11) is 4.00. The molecule has 0 radical (unpaired) electrons. The third-order valence-corrected chi connectivity index (χ3v) is 4.93. The number of amides is 1. The maximum Gasteiger partial charge on any atom is 0.227 e. The molecule has 3 aromatic heterocycles. The number of pyridine rings is 1. The van der Waals surface area contributed by atoms with E-state index in [2.05, 4.69) is 33.1 Å². The van der Waals surface area contributed by atoms with E-state index in [-0.39, 0.29) is 5.91 Å². The molecular formula is C18H22N6O. The second-order valence-corrected chi connectivity index (χ2v) is 6.63. The van der Waals surface area contributed by atoms with Crippen molar-refractivity contribution in [1.29, 1.82) is 0 Å². The van der Waals surface area contributed by atoms with Crippen LogP contribution in [0.5, 0.6) is 0 Å². The smallest absolute Gasteiger partial charge is 0.227 e. The maximum atomic E-state index is 12.6. The van der Waals surface area contributed by atoms with E-state index in [4.69, 9.17) is 0 Å². The zero-order chi connectivity index (χ0) is 17.4. The zero-order valence-corrected chi connectivity index (χ0v) is 14.6. The monoisotopic (exact) mass is 338 g/mol. The average molecular weight is 338 g/mol. The molecule has 4 heterocycles. The molecule has 0 unspecified atom stereocenters. The van der Waals surface area contributed by atoms with E-state index in [0.717, 1.165) is 54.0 Å². The Morgan fingerprint density at radius 1 is 1.24 bits per heavy atom. The topological polar surface area (TPSA) is 70.1 Å². The first-order chi connectivity index (χ1) is 12.1. The van der Waals surface area contributed by atoms with Gasteiger partial charge in [-0.05, 0) is 24.7 Å². The lowest BCUT2D eigenvalue weighted by atomic mass is 10.1. The number of carbonyl (C=O) groups excluding carboxylic acids is 1. The summed E-state index contributed by atoms with van der Waals surface area (Å²) in [5.74, 6) is 0.180. The van der Waals surface area contributed by atoms with Crippen molar-refractivity contribution in [2.24, 2.45) is 7.05 Å². The molecule has 1 aliphatic rings. The number of piperazine rings is 1. The van der Waals surface area contributed by atoms with Crippen LogP contribution < -0.4 is 0 Å². The van der Waals surface area contributed by atoms with Crippen LogP contribution in [0.1, 0.15) is 5.56 Å². The van der Waals surface area contributed by atoms with Gasteiger partial charge in [0, 0.05) is 62.8 Å². The number of carbonyl (C=O) groups is 1. The van der Waals surface area contributed by atoms with Gasteiger partial charge in [-0.1, -0.05) is 0 Å². The van der Waals surface area contributed by atoms with Crippen LogP contribution >= 0.6 is 0 Å². The van der Waals surface area contributed by atoms with Gasteiger partial charge < -0.3 is 14.8 Å². The highest BCUT2D eigenvalue weighted by Crippen LogP contribution is 2.24. The van der Waals surface area contributed by atoms with Gasteiger partial charge in [-0.2, -0.15) is 5.10 Å². The molecule has 7 heteroatoms. The number of nitrogens with zero attached hydrogens (tertiary/aromatic N) is 5. The Labute approximate surface area is 146 Å². The highest BCUT2D eigenvalue weighted by molar-refractivity contribution is 5.89. The number of aryl methyl sites for hydroxylation is 1. The fourth-order valence-electron chi connectivity index (χ4n) is 3.33. The summed E-state index contributed by atoms with van der Waals surface area (Å²) < 4.78 is 1.82. The summed E-state index contributed by atoms with van der Waals surface area (Å²) in [5, 5.41) is 5.22. The van der Waals surface area contributed by atoms with Crippen molar-refractivity contribution in [2.45, 2.75) is 6.42 Å². The van der Waals surface area contributed by atoms with Crippen LogP contribution in [0.15, 0.2) is 30.7 Å². The molecule has 4 rings (SSSR count). The van der Waals surface area contributed by atoms with E-state index in [1.165, 1.54) is 0 Å². The van der Waals surface area contributed by atoms with Gasteiger partial charge in [0.15, 0.2) is 0 Å². The second kappa shape index (κ2) is 6.33. The Bertz CT molecular complexity index is 903. The van der Waals surface area contributed by atoms with Crippen LogP contribution in [0, 0.1) is 0 Å². The van der Waals surface area contributed by atoms with Crippen molar-refractivity contribution in [3.8, 4) is 11.3 Å². The molecule has 1 amide bonds. The molecule has 0 saturated carbocycles. The van der Waals surface area contributed by atoms with Crippen molar-refractivity contribution < 1.29 is 4.79 Å². The van der Waals surface area contributed by atoms with Crippen molar-refractivity contribution in [3.63, 3.8) is 0 Å². The van der Waals surface area contributed by atoms with Gasteiger partial charge >= 0.3 is 0 Å². The van der Waals surface area contributed by atoms with Gasteiger partial charge in [-0.15, -0.1) is 0 Å². The summed E-state index contributed by atoms with van der Waals surface area (Å²) >= 11 is 0. The third-order valence-electron chi connectivity index (χ3n) is 4.93. The highest BCUT2D eigenvalue weighted by Gasteiger charge is 2.20. The Morgan fingerprint density at radius 2 is 2.04 bits per heavy atom. The first kappa shape index (κ1) is 15.8. The number of aromatic amines is 1. The van der Waals surface area contributed by atoms with E-state index in [0.29, 0.717) is 6.42 Å². The third kappa shape index (κ3) is 3.02. The zero-order valence-electron chi connectivity index (χ0n) is 14.6. The van der Waals surface area contributed by atoms with Crippen LogP contribution in [0.2, 0.25) is 0 Å². The fraction of sp³-hybridized carbons (Fsp3) is 0.389. The van der Waals surface area contributed by atoms with Crippen LogP contribution in [-0.4, -0.2) is 68.7 Å². The standard InChI is InChI=1S/C18H22N6O/c1-22-5-7-24(8-6-22)17(25)10-13-11-19-18-15(13)9-14(12-20-18)16-3-4-21-23(16)2/h3-4,9,11-12H,5-8,10H2,1-2H3,(H,19,20). The van der Waals surface area contributed by atoms with E-state index in [1.807, 2.05) is 35.1 Å². The van der Waals surface area contributed by atoms with Gasteiger partial charge in [0.2, 0.25) is 5.91 Å². The molecule has 7 nitrogen and oxygen atoms in total. The highest BCUT2D eigenvalue weighted by atomic mass is 16.2. The van der Waals surface area contributed by atoms with Gasteiger partial charge in [0.1, 0.15) is 5.65 Å². The van der Waals surface area contributed by atoms with Gasteiger partial charge in [-0.25, -0.2) is 4.98 Å². The Hall–Kier alpha value is -2.67. The molecule has 1 aliphatic heterocycles. The summed E-state index contributed by atoms with van der Waals surface area (Å²) in [5.41, 5.74) is 3.81. The largest absolute Gasteiger partial charge is 0.346 e. The van der Waals surface area contributed by atoms with Crippen molar-refractivity contribution in [3.05, 3.63) is 36.3 Å². The van der Waals surface area contributed by atoms with E-state index >= 15 is 0 Å². The number of likely N-dealkylation sites (N-methyl/N-ethyl adjacent to an activating group) is 1. The molecular weight excluding hydrogens is 316 g/mol. The lowest BCUT2D eigenvalue weighted by molar-refractivity contribution is -0.132. The van der Waals surface area contributed by atoms with Crippen LogP contribution in [0.25, 0.3) is 22.3 Å². The van der Waals surface area contributed by atoms with Crippen LogP contribution in [0.3, 0.4) is 0 Å². The van der Waals surface area contributed by atoms with Crippen molar-refractivity contribution in [1.82, 2.24) is 29.5 Å². The molecule has 0 atom stereocenters. The first-order valence-electron chi connectivity index (χ1n) is 8.52. The lowest BCUT2D eigenvalue weighted by Gasteiger charge is -2.32. The van der Waals surface area contributed by atoms with E-state index in [1.54, 1.807) is 6.20 Å². The van der Waals surface area contributed by atoms with Gasteiger partial charge in [-0.3, -0.25) is 9.48 Å². The number of nitrogens with one attached hydrogen (secondary N) is 1. The van der Waals surface area contributed by atoms with Gasteiger partial charge in [0.25, 0.3) is 0 Å². The minimum absolute atomic E-state index is 0.180. The molecule has 0 bridgehead atoms. The number of fused-ring (bicyclic) bond motifs is 1. The summed E-state index contributed by atoms with van der Waals surface area (Å²) in [6.07, 6.45) is 5.91. The predicted molar refractivity (Wildman–Crippen MR) is 96.1 cm³/mol. The molecule has 1 fully saturated rings. The minimum Gasteiger partial charge on any atom is -0.346 e. The molecule has 3 aromatic rings. The molecule has 0 spiro atoms. The lowest BCUT2D eigenvalue weighted by Crippen LogP contribution is -2.47. The number of rotatable bonds is 3. The quantitative estimate of drug-likeness (QED) is 0.781. The Kier molecular flexibility index (Phi) is 4.01. The molecule has 1 saturated heterocycles. The van der Waals surface area contributed by atoms with E-state index in [9.17, 15) is 4.79 Å². The Balaban J connectivity index is 1.59. The van der Waals surface area contributed by atoms with E-state index < -0.39 is 0 Å². The number of H-pyrrole nitrogens is 1.